The SMILES string of the molecule is O=C(CCc1ccncc1)N1CCCC(OCc2cccnc2)C1. The molecule has 0 radical (unpaired) electrons. The molecule has 0 aliphatic carbocycles. The second kappa shape index (κ2) is 8.55. The molecule has 1 aliphatic rings. The fraction of sp³-hybridized carbons (Fsp3) is 0.421. The molecule has 2 aromatic rings. The first-order chi connectivity index (χ1) is 11.8. The number of ether oxygens (including phenoxy) is 1. The monoisotopic (exact) mass is 325 g/mol. The predicted octanol–water partition coefficient (Wildman–Crippen LogP) is 2.62. The summed E-state index contributed by atoms with van der Waals surface area (Å²) in [5.41, 5.74) is 2.22. The number of rotatable bonds is 6. The number of likely N-dealkylation sites (tertiary alicyclic amines) is 1. The maximum absolute atomic E-state index is 12.4. The average Bonchev–Trinajstić information content (AvgIpc) is 2.66. The number of amides is 1. The van der Waals surface area contributed by atoms with E-state index in [4.69, 9.17) is 4.74 Å². The van der Waals surface area contributed by atoms with Crippen molar-refractivity contribution in [3.05, 3.63) is 60.2 Å². The van der Waals surface area contributed by atoms with Crippen molar-refractivity contribution in [2.45, 2.75) is 38.4 Å². The molecule has 1 fully saturated rings. The van der Waals surface area contributed by atoms with Gasteiger partial charge in [0.05, 0.1) is 12.7 Å². The Labute approximate surface area is 142 Å². The van der Waals surface area contributed by atoms with E-state index in [1.807, 2.05) is 35.4 Å². The van der Waals surface area contributed by atoms with Crippen LogP contribution in [0.25, 0.3) is 0 Å². The number of nitrogens with zero attached hydrogens (tertiary/aromatic N) is 3. The minimum atomic E-state index is 0.115. The van der Waals surface area contributed by atoms with Crippen molar-refractivity contribution in [2.24, 2.45) is 0 Å². The van der Waals surface area contributed by atoms with Crippen molar-refractivity contribution >= 4 is 5.91 Å². The van der Waals surface area contributed by atoms with Gasteiger partial charge in [-0.3, -0.25) is 14.8 Å². The topological polar surface area (TPSA) is 55.3 Å². The first-order valence-corrected chi connectivity index (χ1v) is 8.48. The van der Waals surface area contributed by atoms with E-state index >= 15 is 0 Å². The van der Waals surface area contributed by atoms with E-state index in [9.17, 15) is 4.79 Å². The third kappa shape index (κ3) is 4.86. The molecule has 1 aliphatic heterocycles. The number of carbonyl (C=O) groups excluding carboxylic acids is 1. The van der Waals surface area contributed by atoms with Gasteiger partial charge >= 0.3 is 0 Å². The van der Waals surface area contributed by atoms with Crippen LogP contribution in [0.3, 0.4) is 0 Å². The van der Waals surface area contributed by atoms with Gasteiger partial charge in [0.2, 0.25) is 5.91 Å². The zero-order valence-corrected chi connectivity index (χ0v) is 13.8. The minimum absolute atomic E-state index is 0.115. The minimum Gasteiger partial charge on any atom is -0.372 e. The van der Waals surface area contributed by atoms with Gasteiger partial charge in [-0.1, -0.05) is 6.07 Å². The van der Waals surface area contributed by atoms with Gasteiger partial charge in [0.25, 0.3) is 0 Å². The molecule has 1 amide bonds. The van der Waals surface area contributed by atoms with Crippen molar-refractivity contribution in [1.82, 2.24) is 14.9 Å². The molecule has 5 nitrogen and oxygen atoms in total. The summed E-state index contributed by atoms with van der Waals surface area (Å²) in [7, 11) is 0. The van der Waals surface area contributed by atoms with E-state index in [2.05, 4.69) is 9.97 Å². The van der Waals surface area contributed by atoms with Crippen LogP contribution in [0.15, 0.2) is 49.1 Å². The number of hydrogen-bond donors (Lipinski definition) is 0. The van der Waals surface area contributed by atoms with Crippen LogP contribution in [0.5, 0.6) is 0 Å². The summed E-state index contributed by atoms with van der Waals surface area (Å²) in [5.74, 6) is 0.210. The summed E-state index contributed by atoms with van der Waals surface area (Å²) < 4.78 is 5.97. The van der Waals surface area contributed by atoms with Crippen LogP contribution in [0.2, 0.25) is 0 Å². The summed E-state index contributed by atoms with van der Waals surface area (Å²) in [6.45, 7) is 2.08. The molecule has 126 valence electrons. The predicted molar refractivity (Wildman–Crippen MR) is 91.2 cm³/mol. The van der Waals surface area contributed by atoms with Crippen molar-refractivity contribution in [3.8, 4) is 0 Å². The molecule has 0 bridgehead atoms. The fourth-order valence-corrected chi connectivity index (χ4v) is 2.96. The van der Waals surface area contributed by atoms with Crippen LogP contribution in [0, 0.1) is 0 Å². The van der Waals surface area contributed by atoms with Gasteiger partial charge in [-0.15, -0.1) is 0 Å². The quantitative estimate of drug-likeness (QED) is 0.819. The first-order valence-electron chi connectivity index (χ1n) is 8.48. The molecule has 5 heteroatoms. The molecule has 0 spiro atoms. The van der Waals surface area contributed by atoms with Gasteiger partial charge in [-0.2, -0.15) is 0 Å². The van der Waals surface area contributed by atoms with Crippen molar-refractivity contribution in [1.29, 1.82) is 0 Å². The van der Waals surface area contributed by atoms with Gasteiger partial charge < -0.3 is 9.64 Å². The zero-order valence-electron chi connectivity index (χ0n) is 13.8. The van der Waals surface area contributed by atoms with E-state index in [-0.39, 0.29) is 12.0 Å². The molecule has 1 atom stereocenters. The van der Waals surface area contributed by atoms with E-state index in [1.165, 1.54) is 0 Å². The molecule has 3 rings (SSSR count). The Morgan fingerprint density at radius 1 is 1.17 bits per heavy atom. The lowest BCUT2D eigenvalue weighted by Gasteiger charge is -2.32. The lowest BCUT2D eigenvalue weighted by atomic mass is 10.1. The lowest BCUT2D eigenvalue weighted by Crippen LogP contribution is -2.43. The third-order valence-electron chi connectivity index (χ3n) is 4.32. The molecule has 1 unspecified atom stereocenters. The van der Waals surface area contributed by atoms with Gasteiger partial charge in [-0.25, -0.2) is 0 Å². The Balaban J connectivity index is 1.45. The lowest BCUT2D eigenvalue weighted by molar-refractivity contribution is -0.135. The second-order valence-electron chi connectivity index (χ2n) is 6.13. The molecule has 2 aromatic heterocycles. The summed E-state index contributed by atoms with van der Waals surface area (Å²) in [6, 6.07) is 7.84. The summed E-state index contributed by atoms with van der Waals surface area (Å²) in [6.07, 6.45) is 10.5. The second-order valence-corrected chi connectivity index (χ2v) is 6.13. The number of aromatic nitrogens is 2. The Bertz CT molecular complexity index is 634. The van der Waals surface area contributed by atoms with Crippen LogP contribution >= 0.6 is 0 Å². The van der Waals surface area contributed by atoms with E-state index in [0.29, 0.717) is 19.6 Å². The molecular formula is C19H23N3O2. The molecule has 0 saturated carbocycles. The van der Waals surface area contributed by atoms with Crippen LogP contribution < -0.4 is 0 Å². The normalized spacial score (nSPS) is 17.7. The Kier molecular flexibility index (Phi) is 5.90. The smallest absolute Gasteiger partial charge is 0.222 e. The van der Waals surface area contributed by atoms with Crippen LogP contribution in [-0.2, 0) is 22.6 Å². The highest BCUT2D eigenvalue weighted by molar-refractivity contribution is 5.76. The number of hydrogen-bond acceptors (Lipinski definition) is 4. The first kappa shape index (κ1) is 16.6. The Morgan fingerprint density at radius 3 is 2.83 bits per heavy atom. The van der Waals surface area contributed by atoms with E-state index < -0.39 is 0 Å². The van der Waals surface area contributed by atoms with Crippen LogP contribution in [0.1, 0.15) is 30.4 Å². The third-order valence-corrected chi connectivity index (χ3v) is 4.32. The highest BCUT2D eigenvalue weighted by Crippen LogP contribution is 2.16. The fourth-order valence-electron chi connectivity index (χ4n) is 2.96. The van der Waals surface area contributed by atoms with E-state index in [1.54, 1.807) is 18.6 Å². The van der Waals surface area contributed by atoms with Crippen molar-refractivity contribution < 1.29 is 9.53 Å². The van der Waals surface area contributed by atoms with Crippen molar-refractivity contribution in [2.75, 3.05) is 13.1 Å². The Morgan fingerprint density at radius 2 is 2.04 bits per heavy atom. The van der Waals surface area contributed by atoms with Gasteiger partial charge in [0, 0.05) is 44.3 Å². The zero-order chi connectivity index (χ0) is 16.6. The average molecular weight is 325 g/mol. The number of pyridine rings is 2. The molecule has 0 aromatic carbocycles. The maximum atomic E-state index is 12.4. The van der Waals surface area contributed by atoms with Crippen LogP contribution in [-0.4, -0.2) is 40.0 Å². The number of piperidine rings is 1. The molecule has 0 N–H and O–H groups in total. The number of carbonyl (C=O) groups is 1. The van der Waals surface area contributed by atoms with E-state index in [0.717, 1.165) is 36.9 Å². The maximum Gasteiger partial charge on any atom is 0.222 e. The van der Waals surface area contributed by atoms with Gasteiger partial charge in [0.1, 0.15) is 0 Å². The summed E-state index contributed by atoms with van der Waals surface area (Å²) in [4.78, 5) is 22.5. The Hall–Kier alpha value is -2.27. The number of aryl methyl sites for hydroxylation is 1. The standard InChI is InChI=1S/C19H23N3O2/c23-19(6-5-16-7-10-20-11-8-16)22-12-2-4-18(14-22)24-15-17-3-1-9-21-13-17/h1,3,7-11,13,18H,2,4-6,12,14-15H2. The largest absolute Gasteiger partial charge is 0.372 e. The van der Waals surface area contributed by atoms with Crippen molar-refractivity contribution in [3.63, 3.8) is 0 Å². The highest BCUT2D eigenvalue weighted by atomic mass is 16.5. The summed E-state index contributed by atoms with van der Waals surface area (Å²) >= 11 is 0. The molecule has 1 saturated heterocycles. The van der Waals surface area contributed by atoms with Crippen LogP contribution in [0.4, 0.5) is 0 Å². The molecular weight excluding hydrogens is 302 g/mol. The highest BCUT2D eigenvalue weighted by Gasteiger charge is 2.23. The molecule has 24 heavy (non-hydrogen) atoms. The summed E-state index contributed by atoms with van der Waals surface area (Å²) in [5, 5.41) is 0. The molecule has 3 heterocycles. The van der Waals surface area contributed by atoms with Gasteiger partial charge in [-0.05, 0) is 48.6 Å². The van der Waals surface area contributed by atoms with Gasteiger partial charge in [0.15, 0.2) is 0 Å².